The minimum Gasteiger partial charge on any atom is -0.481 e. The smallest absolute Gasteiger partial charge is 0.308 e. The van der Waals surface area contributed by atoms with Crippen LogP contribution in [0.15, 0.2) is 0 Å². The van der Waals surface area contributed by atoms with Crippen LogP contribution in [0.2, 0.25) is 0 Å². The highest BCUT2D eigenvalue weighted by atomic mass is 16.5. The molecule has 0 aromatic rings. The maximum Gasteiger partial charge on any atom is 0.308 e. The van der Waals surface area contributed by atoms with E-state index in [4.69, 9.17) is 9.84 Å². The van der Waals surface area contributed by atoms with E-state index in [0.717, 1.165) is 19.3 Å². The average Bonchev–Trinajstić information content (AvgIpc) is 2.75. The summed E-state index contributed by atoms with van der Waals surface area (Å²) in [5.74, 6) is -1.26. The quantitative estimate of drug-likeness (QED) is 0.806. The van der Waals surface area contributed by atoms with Crippen LogP contribution in [0.1, 0.15) is 39.5 Å². The molecule has 2 heterocycles. The molecule has 0 aliphatic carbocycles. The molecule has 2 saturated heterocycles. The third-order valence-electron chi connectivity index (χ3n) is 4.02. The Kier molecular flexibility index (Phi) is 3.90. The van der Waals surface area contributed by atoms with Gasteiger partial charge in [0.05, 0.1) is 12.0 Å². The molecule has 0 aromatic carbocycles. The van der Waals surface area contributed by atoms with Gasteiger partial charge in [-0.2, -0.15) is 0 Å². The number of carboxylic acids is 1. The first-order valence-electron chi connectivity index (χ1n) is 6.67. The van der Waals surface area contributed by atoms with E-state index in [0.29, 0.717) is 13.0 Å². The largest absolute Gasteiger partial charge is 0.481 e. The van der Waals surface area contributed by atoms with Gasteiger partial charge in [-0.1, -0.05) is 0 Å². The Labute approximate surface area is 107 Å². The Bertz CT molecular complexity index is 344. The van der Waals surface area contributed by atoms with Crippen molar-refractivity contribution < 1.29 is 19.4 Å². The number of carboxylic acid groups (broad SMARTS) is 1. The topological polar surface area (TPSA) is 66.8 Å². The summed E-state index contributed by atoms with van der Waals surface area (Å²) in [6.45, 7) is 4.27. The Morgan fingerprint density at radius 2 is 1.89 bits per heavy atom. The number of likely N-dealkylation sites (tertiary alicyclic amines) is 1. The van der Waals surface area contributed by atoms with Gasteiger partial charge in [0.15, 0.2) is 0 Å². The van der Waals surface area contributed by atoms with E-state index < -0.39 is 11.9 Å². The van der Waals surface area contributed by atoms with Crippen molar-refractivity contribution in [1.82, 2.24) is 4.90 Å². The Hall–Kier alpha value is -1.10. The van der Waals surface area contributed by atoms with Gasteiger partial charge in [-0.15, -0.1) is 0 Å². The summed E-state index contributed by atoms with van der Waals surface area (Å²) in [4.78, 5) is 25.1. The molecule has 4 atom stereocenters. The first-order valence-corrected chi connectivity index (χ1v) is 6.67. The Balaban J connectivity index is 2.01. The fourth-order valence-electron chi connectivity index (χ4n) is 2.78. The van der Waals surface area contributed by atoms with Gasteiger partial charge in [-0.25, -0.2) is 0 Å². The van der Waals surface area contributed by atoms with E-state index in [-0.39, 0.29) is 24.2 Å². The zero-order chi connectivity index (χ0) is 13.3. The molecule has 0 bridgehead atoms. The average molecular weight is 255 g/mol. The molecule has 2 fully saturated rings. The molecule has 2 aliphatic rings. The number of ether oxygens (including phenoxy) is 1. The predicted octanol–water partition coefficient (Wildman–Crippen LogP) is 1.27. The molecule has 0 radical (unpaired) electrons. The van der Waals surface area contributed by atoms with E-state index in [2.05, 4.69) is 0 Å². The van der Waals surface area contributed by atoms with E-state index in [1.807, 2.05) is 13.8 Å². The van der Waals surface area contributed by atoms with Crippen molar-refractivity contribution in [2.45, 2.75) is 57.8 Å². The fourth-order valence-corrected chi connectivity index (χ4v) is 2.78. The van der Waals surface area contributed by atoms with Crippen molar-refractivity contribution in [3.05, 3.63) is 0 Å². The highest BCUT2D eigenvalue weighted by Gasteiger charge is 2.38. The van der Waals surface area contributed by atoms with Crippen molar-refractivity contribution in [3.8, 4) is 0 Å². The molecule has 1 amide bonds. The number of nitrogens with zero attached hydrogens (tertiary/aromatic N) is 1. The van der Waals surface area contributed by atoms with E-state index >= 15 is 0 Å². The molecule has 1 N–H and O–H groups in total. The van der Waals surface area contributed by atoms with Crippen LogP contribution >= 0.6 is 0 Å². The van der Waals surface area contributed by atoms with Crippen LogP contribution in [0.3, 0.4) is 0 Å². The van der Waals surface area contributed by atoms with Crippen LogP contribution in [-0.4, -0.2) is 46.7 Å². The maximum atomic E-state index is 12.3. The highest BCUT2D eigenvalue weighted by Crippen LogP contribution is 2.27. The van der Waals surface area contributed by atoms with Crippen molar-refractivity contribution in [2.24, 2.45) is 5.92 Å². The van der Waals surface area contributed by atoms with Crippen LogP contribution in [0, 0.1) is 5.92 Å². The first-order chi connectivity index (χ1) is 8.49. The van der Waals surface area contributed by atoms with Gasteiger partial charge in [0.25, 0.3) is 5.91 Å². The second-order valence-electron chi connectivity index (χ2n) is 5.46. The lowest BCUT2D eigenvalue weighted by Crippen LogP contribution is -2.50. The predicted molar refractivity (Wildman–Crippen MR) is 65.1 cm³/mol. The number of aliphatic carboxylic acids is 1. The van der Waals surface area contributed by atoms with Crippen molar-refractivity contribution in [2.75, 3.05) is 6.54 Å². The van der Waals surface area contributed by atoms with Crippen LogP contribution in [0.5, 0.6) is 0 Å². The molecule has 2 aliphatic heterocycles. The summed E-state index contributed by atoms with van der Waals surface area (Å²) >= 11 is 0. The molecule has 2 rings (SSSR count). The molecular weight excluding hydrogens is 234 g/mol. The van der Waals surface area contributed by atoms with E-state index in [9.17, 15) is 9.59 Å². The molecule has 0 saturated carbocycles. The SMILES string of the molecule is CC1CCC(C(=O)O)CN1C(=O)[C@H]1CC[C@@H](C)O1. The van der Waals surface area contributed by atoms with E-state index in [1.54, 1.807) is 4.90 Å². The van der Waals surface area contributed by atoms with Crippen molar-refractivity contribution in [1.29, 1.82) is 0 Å². The van der Waals surface area contributed by atoms with Gasteiger partial charge in [0.2, 0.25) is 0 Å². The lowest BCUT2D eigenvalue weighted by Gasteiger charge is -2.37. The summed E-state index contributed by atoms with van der Waals surface area (Å²) in [6, 6.07) is 0.118. The standard InChI is InChI=1S/C13H21NO4/c1-8-3-5-10(13(16)17)7-14(8)12(15)11-6-4-9(2)18-11/h8-11H,3-7H2,1-2H3,(H,16,17)/t8?,9-,10?,11-/m1/s1. The Morgan fingerprint density at radius 1 is 1.17 bits per heavy atom. The second kappa shape index (κ2) is 5.26. The normalized spacial score (nSPS) is 36.7. The molecule has 102 valence electrons. The number of carbonyl (C=O) groups is 2. The highest BCUT2D eigenvalue weighted by molar-refractivity contribution is 5.82. The van der Waals surface area contributed by atoms with Crippen molar-refractivity contribution in [3.63, 3.8) is 0 Å². The number of carbonyl (C=O) groups excluding carboxylic acids is 1. The third-order valence-corrected chi connectivity index (χ3v) is 4.02. The zero-order valence-electron chi connectivity index (χ0n) is 11.0. The molecule has 0 aromatic heterocycles. The minimum absolute atomic E-state index is 0.0298. The van der Waals surface area contributed by atoms with Gasteiger partial charge in [0.1, 0.15) is 6.10 Å². The number of rotatable bonds is 2. The molecule has 2 unspecified atom stereocenters. The van der Waals surface area contributed by atoms with Crippen LogP contribution in [0.4, 0.5) is 0 Å². The van der Waals surface area contributed by atoms with Crippen LogP contribution in [0.25, 0.3) is 0 Å². The number of amides is 1. The zero-order valence-corrected chi connectivity index (χ0v) is 11.0. The molecule has 5 heteroatoms. The van der Waals surface area contributed by atoms with Crippen LogP contribution in [-0.2, 0) is 14.3 Å². The third kappa shape index (κ3) is 2.66. The molecule has 18 heavy (non-hydrogen) atoms. The van der Waals surface area contributed by atoms with Crippen LogP contribution < -0.4 is 0 Å². The molecule has 5 nitrogen and oxygen atoms in total. The number of piperidine rings is 1. The Morgan fingerprint density at radius 3 is 2.44 bits per heavy atom. The number of hydrogen-bond donors (Lipinski definition) is 1. The van der Waals surface area contributed by atoms with Gasteiger partial charge in [-0.3, -0.25) is 9.59 Å². The summed E-state index contributed by atoms with van der Waals surface area (Å²) in [5.41, 5.74) is 0. The summed E-state index contributed by atoms with van der Waals surface area (Å²) in [5, 5.41) is 9.06. The number of hydrogen-bond acceptors (Lipinski definition) is 3. The lowest BCUT2D eigenvalue weighted by molar-refractivity contribution is -0.152. The monoisotopic (exact) mass is 255 g/mol. The van der Waals surface area contributed by atoms with Gasteiger partial charge in [-0.05, 0) is 39.5 Å². The maximum absolute atomic E-state index is 12.3. The lowest BCUT2D eigenvalue weighted by atomic mass is 9.93. The minimum atomic E-state index is -0.805. The van der Waals surface area contributed by atoms with Gasteiger partial charge >= 0.3 is 5.97 Å². The fraction of sp³-hybridized carbons (Fsp3) is 0.846. The summed E-state index contributed by atoms with van der Waals surface area (Å²) < 4.78 is 5.58. The second-order valence-corrected chi connectivity index (χ2v) is 5.46. The van der Waals surface area contributed by atoms with Gasteiger partial charge in [0, 0.05) is 12.6 Å². The van der Waals surface area contributed by atoms with E-state index in [1.165, 1.54) is 0 Å². The first kappa shape index (κ1) is 13.3. The molecule has 0 spiro atoms. The summed E-state index contributed by atoms with van der Waals surface area (Å²) in [6.07, 6.45) is 2.83. The van der Waals surface area contributed by atoms with Gasteiger partial charge < -0.3 is 14.7 Å². The van der Waals surface area contributed by atoms with Crippen molar-refractivity contribution >= 4 is 11.9 Å². The summed E-state index contributed by atoms with van der Waals surface area (Å²) in [7, 11) is 0. The molecular formula is C13H21NO4.